The number of benzene rings is 1. The van der Waals surface area contributed by atoms with Gasteiger partial charge in [-0.15, -0.1) is 0 Å². The van der Waals surface area contributed by atoms with Crippen molar-refractivity contribution >= 4 is 17.3 Å². The zero-order chi connectivity index (χ0) is 12.3. The van der Waals surface area contributed by atoms with Crippen LogP contribution in [0.3, 0.4) is 0 Å². The molecule has 0 unspecified atom stereocenters. The standard InChI is InChI=1S/C12H12N2O3/c13-11-5-9(1-2-10(11)12(15)16)14-6-8-3-4-17-7-8/h1-5,7,14H,6,13H2,(H,15,16). The van der Waals surface area contributed by atoms with Crippen LogP contribution in [-0.2, 0) is 6.54 Å². The second-order valence-electron chi connectivity index (χ2n) is 3.59. The predicted octanol–water partition coefficient (Wildman–Crippen LogP) is 2.17. The maximum absolute atomic E-state index is 10.8. The van der Waals surface area contributed by atoms with Gasteiger partial charge < -0.3 is 20.6 Å². The Morgan fingerprint density at radius 2 is 2.24 bits per heavy atom. The highest BCUT2D eigenvalue weighted by Crippen LogP contribution is 2.18. The minimum atomic E-state index is -1.02. The van der Waals surface area contributed by atoms with Crippen molar-refractivity contribution in [2.24, 2.45) is 0 Å². The van der Waals surface area contributed by atoms with E-state index in [9.17, 15) is 4.79 Å². The number of nitrogens with one attached hydrogen (secondary N) is 1. The summed E-state index contributed by atoms with van der Waals surface area (Å²) in [4.78, 5) is 10.8. The van der Waals surface area contributed by atoms with E-state index in [0.717, 1.165) is 11.3 Å². The maximum atomic E-state index is 10.8. The van der Waals surface area contributed by atoms with Gasteiger partial charge in [-0.1, -0.05) is 0 Å². The minimum absolute atomic E-state index is 0.110. The van der Waals surface area contributed by atoms with Crippen LogP contribution in [0.1, 0.15) is 15.9 Å². The Hall–Kier alpha value is -2.43. The molecule has 5 heteroatoms. The van der Waals surface area contributed by atoms with Crippen LogP contribution >= 0.6 is 0 Å². The monoisotopic (exact) mass is 232 g/mol. The molecule has 0 bridgehead atoms. The van der Waals surface area contributed by atoms with Crippen LogP contribution in [0.25, 0.3) is 0 Å². The van der Waals surface area contributed by atoms with Crippen molar-refractivity contribution < 1.29 is 14.3 Å². The second kappa shape index (κ2) is 4.61. The van der Waals surface area contributed by atoms with Gasteiger partial charge in [0, 0.05) is 23.5 Å². The lowest BCUT2D eigenvalue weighted by molar-refractivity contribution is 0.0698. The quantitative estimate of drug-likeness (QED) is 0.703. The first kappa shape index (κ1) is 11.1. The molecule has 0 aliphatic heterocycles. The number of carboxylic acids is 1. The van der Waals surface area contributed by atoms with E-state index < -0.39 is 5.97 Å². The summed E-state index contributed by atoms with van der Waals surface area (Å²) in [5, 5.41) is 11.9. The summed E-state index contributed by atoms with van der Waals surface area (Å²) >= 11 is 0. The van der Waals surface area contributed by atoms with Crippen molar-refractivity contribution in [2.75, 3.05) is 11.1 Å². The van der Waals surface area contributed by atoms with Gasteiger partial charge in [-0.2, -0.15) is 0 Å². The number of nitrogens with two attached hydrogens (primary N) is 1. The molecule has 0 saturated carbocycles. The molecule has 0 spiro atoms. The number of carbonyl (C=O) groups is 1. The highest BCUT2D eigenvalue weighted by Gasteiger charge is 2.07. The lowest BCUT2D eigenvalue weighted by Crippen LogP contribution is -2.04. The van der Waals surface area contributed by atoms with Crippen molar-refractivity contribution in [2.45, 2.75) is 6.54 Å². The second-order valence-corrected chi connectivity index (χ2v) is 3.59. The van der Waals surface area contributed by atoms with E-state index in [4.69, 9.17) is 15.3 Å². The number of anilines is 2. The number of nitrogen functional groups attached to an aromatic ring is 1. The Morgan fingerprint density at radius 1 is 1.41 bits per heavy atom. The van der Waals surface area contributed by atoms with Crippen molar-refractivity contribution in [3.05, 3.63) is 47.9 Å². The number of aromatic carboxylic acids is 1. The third-order valence-corrected chi connectivity index (χ3v) is 2.36. The fourth-order valence-corrected chi connectivity index (χ4v) is 1.46. The SMILES string of the molecule is Nc1cc(NCc2ccoc2)ccc1C(=O)O. The van der Waals surface area contributed by atoms with Crippen molar-refractivity contribution in [1.82, 2.24) is 0 Å². The smallest absolute Gasteiger partial charge is 0.337 e. The molecule has 0 fully saturated rings. The van der Waals surface area contributed by atoms with E-state index in [1.807, 2.05) is 6.07 Å². The molecule has 4 N–H and O–H groups in total. The summed E-state index contributed by atoms with van der Waals surface area (Å²) in [6, 6.07) is 6.61. The van der Waals surface area contributed by atoms with Gasteiger partial charge in [-0.3, -0.25) is 0 Å². The number of rotatable bonds is 4. The van der Waals surface area contributed by atoms with E-state index >= 15 is 0 Å². The Bertz CT molecular complexity index is 521. The molecular formula is C12H12N2O3. The summed E-state index contributed by atoms with van der Waals surface area (Å²) in [6.45, 7) is 0.600. The third-order valence-electron chi connectivity index (χ3n) is 2.36. The fourth-order valence-electron chi connectivity index (χ4n) is 1.46. The summed E-state index contributed by atoms with van der Waals surface area (Å²) in [5.74, 6) is -1.02. The number of carboxylic acid groups (broad SMARTS) is 1. The lowest BCUT2D eigenvalue weighted by atomic mass is 10.1. The van der Waals surface area contributed by atoms with Crippen molar-refractivity contribution in [3.63, 3.8) is 0 Å². The van der Waals surface area contributed by atoms with Crippen LogP contribution in [0.5, 0.6) is 0 Å². The highest BCUT2D eigenvalue weighted by molar-refractivity contribution is 5.94. The zero-order valence-corrected chi connectivity index (χ0v) is 9.01. The zero-order valence-electron chi connectivity index (χ0n) is 9.01. The molecule has 2 aromatic rings. The van der Waals surface area contributed by atoms with Gasteiger partial charge in [0.1, 0.15) is 0 Å². The number of furan rings is 1. The topological polar surface area (TPSA) is 88.5 Å². The van der Waals surface area contributed by atoms with Crippen LogP contribution in [0.2, 0.25) is 0 Å². The van der Waals surface area contributed by atoms with E-state index in [-0.39, 0.29) is 11.3 Å². The average Bonchev–Trinajstić information content (AvgIpc) is 2.78. The van der Waals surface area contributed by atoms with Crippen LogP contribution in [-0.4, -0.2) is 11.1 Å². The number of hydrogen-bond acceptors (Lipinski definition) is 4. The van der Waals surface area contributed by atoms with Gasteiger partial charge >= 0.3 is 5.97 Å². The summed E-state index contributed by atoms with van der Waals surface area (Å²) in [6.07, 6.45) is 3.24. The molecule has 88 valence electrons. The summed E-state index contributed by atoms with van der Waals surface area (Å²) in [5.41, 5.74) is 7.76. The van der Waals surface area contributed by atoms with Crippen LogP contribution in [0.4, 0.5) is 11.4 Å². The molecule has 0 saturated heterocycles. The predicted molar refractivity (Wildman–Crippen MR) is 63.8 cm³/mol. The molecule has 0 aliphatic carbocycles. The molecule has 0 amide bonds. The molecule has 2 rings (SSSR count). The first-order valence-electron chi connectivity index (χ1n) is 5.04. The van der Waals surface area contributed by atoms with Gasteiger partial charge in [0.15, 0.2) is 0 Å². The van der Waals surface area contributed by atoms with Gasteiger partial charge in [0.2, 0.25) is 0 Å². The molecule has 5 nitrogen and oxygen atoms in total. The molecule has 0 radical (unpaired) electrons. The highest BCUT2D eigenvalue weighted by atomic mass is 16.4. The molecule has 17 heavy (non-hydrogen) atoms. The maximum Gasteiger partial charge on any atom is 0.337 e. The first-order valence-corrected chi connectivity index (χ1v) is 5.04. The summed E-state index contributed by atoms with van der Waals surface area (Å²) in [7, 11) is 0. The van der Waals surface area contributed by atoms with Crippen LogP contribution in [0, 0.1) is 0 Å². The largest absolute Gasteiger partial charge is 0.478 e. The van der Waals surface area contributed by atoms with E-state index in [1.54, 1.807) is 24.7 Å². The van der Waals surface area contributed by atoms with E-state index in [0.29, 0.717) is 6.54 Å². The Labute approximate surface area is 97.9 Å². The van der Waals surface area contributed by atoms with Gasteiger partial charge in [0.05, 0.1) is 18.1 Å². The van der Waals surface area contributed by atoms with Crippen molar-refractivity contribution in [3.8, 4) is 0 Å². The van der Waals surface area contributed by atoms with Crippen LogP contribution in [0.15, 0.2) is 41.2 Å². The average molecular weight is 232 g/mol. The summed E-state index contributed by atoms with van der Waals surface area (Å²) < 4.78 is 4.93. The molecule has 1 aromatic heterocycles. The molecule has 0 atom stereocenters. The lowest BCUT2D eigenvalue weighted by Gasteiger charge is -2.07. The van der Waals surface area contributed by atoms with E-state index in [1.165, 1.54) is 6.07 Å². The fraction of sp³-hybridized carbons (Fsp3) is 0.0833. The van der Waals surface area contributed by atoms with Crippen LogP contribution < -0.4 is 11.1 Å². The van der Waals surface area contributed by atoms with Gasteiger partial charge in [-0.25, -0.2) is 4.79 Å². The Kier molecular flexibility index (Phi) is 3.00. The molecular weight excluding hydrogens is 220 g/mol. The van der Waals surface area contributed by atoms with Gasteiger partial charge in [-0.05, 0) is 24.3 Å². The third kappa shape index (κ3) is 2.57. The number of hydrogen-bond donors (Lipinski definition) is 3. The first-order chi connectivity index (χ1) is 8.16. The normalized spacial score (nSPS) is 10.1. The molecule has 0 aliphatic rings. The Morgan fingerprint density at radius 3 is 2.82 bits per heavy atom. The van der Waals surface area contributed by atoms with E-state index in [2.05, 4.69) is 5.32 Å². The van der Waals surface area contributed by atoms with Gasteiger partial charge in [0.25, 0.3) is 0 Å². The minimum Gasteiger partial charge on any atom is -0.478 e. The molecule has 1 aromatic carbocycles. The Balaban J connectivity index is 2.07. The molecule has 1 heterocycles. The van der Waals surface area contributed by atoms with Crippen molar-refractivity contribution in [1.29, 1.82) is 0 Å².